The number of nitrogens with two attached hydrogens (primary N) is 2. The Morgan fingerprint density at radius 1 is 1.06 bits per heavy atom. The monoisotopic (exact) mass is 437 g/mol. The second-order valence-corrected chi connectivity index (χ2v) is 7.40. The van der Waals surface area contributed by atoms with Crippen LogP contribution in [-0.4, -0.2) is 45.0 Å². The predicted octanol–water partition coefficient (Wildman–Crippen LogP) is 1.67. The Kier molecular flexibility index (Phi) is 6.53. The Morgan fingerprint density at radius 3 is 2.16 bits per heavy atom. The molecule has 4 rings (SSSR count). The second-order valence-electron chi connectivity index (χ2n) is 7.40. The molecule has 2 amide bonds. The predicted molar refractivity (Wildman–Crippen MR) is 115 cm³/mol. The summed E-state index contributed by atoms with van der Waals surface area (Å²) in [7, 11) is 1.56. The van der Waals surface area contributed by atoms with Gasteiger partial charge in [-0.05, 0) is 54.8 Å². The van der Waals surface area contributed by atoms with Crippen LogP contribution >= 0.6 is 0 Å². The Bertz CT molecular complexity index is 1120. The number of aromatic nitrogens is 3. The summed E-state index contributed by atoms with van der Waals surface area (Å²) in [5.74, 6) is -1.09. The molecule has 0 aliphatic heterocycles. The molecule has 0 atom stereocenters. The van der Waals surface area contributed by atoms with Gasteiger partial charge in [0.05, 0.1) is 19.0 Å². The van der Waals surface area contributed by atoms with Gasteiger partial charge >= 0.3 is 5.97 Å². The van der Waals surface area contributed by atoms with Gasteiger partial charge in [-0.1, -0.05) is 17.3 Å². The molecule has 0 radical (unpaired) electrons. The van der Waals surface area contributed by atoms with Crippen LogP contribution < -0.4 is 16.2 Å². The van der Waals surface area contributed by atoms with Crippen molar-refractivity contribution in [3.05, 3.63) is 71.5 Å². The van der Waals surface area contributed by atoms with E-state index >= 15 is 0 Å². The number of carbonyl (C=O) groups excluding carboxylic acids is 2. The van der Waals surface area contributed by atoms with Crippen LogP contribution in [0.15, 0.2) is 54.7 Å². The number of carbonyl (C=O) groups is 3. The van der Waals surface area contributed by atoms with Crippen molar-refractivity contribution in [2.24, 2.45) is 11.5 Å². The summed E-state index contributed by atoms with van der Waals surface area (Å²) in [4.78, 5) is 32.7. The fourth-order valence-corrected chi connectivity index (χ4v) is 3.33. The van der Waals surface area contributed by atoms with E-state index in [-0.39, 0.29) is 17.0 Å². The third-order valence-electron chi connectivity index (χ3n) is 5.23. The maximum absolute atomic E-state index is 11.0. The van der Waals surface area contributed by atoms with Crippen molar-refractivity contribution >= 4 is 17.8 Å². The van der Waals surface area contributed by atoms with Crippen molar-refractivity contribution in [1.82, 2.24) is 15.0 Å². The van der Waals surface area contributed by atoms with Crippen LogP contribution in [0.2, 0.25) is 0 Å². The summed E-state index contributed by atoms with van der Waals surface area (Å²) >= 11 is 0. The average Bonchev–Trinajstić information content (AvgIpc) is 3.37. The fraction of sp³-hybridized carbons (Fsp3) is 0.227. The highest BCUT2D eigenvalue weighted by Crippen LogP contribution is 2.50. The number of aromatic carboxylic acids is 1. The largest absolute Gasteiger partial charge is 0.497 e. The quantitative estimate of drug-likeness (QED) is 0.506. The number of rotatable bonds is 7. The molecule has 166 valence electrons. The molecule has 32 heavy (non-hydrogen) atoms. The number of primary amides is 2. The molecule has 10 nitrogen and oxygen atoms in total. The SMILES string of the molecule is COc1ccc(-n2nncc2C(=O)O)cc1.NC(=O)CC1(c2ccc(C(N)=O)cc2)CC1. The van der Waals surface area contributed by atoms with Gasteiger partial charge in [0.25, 0.3) is 0 Å². The number of benzene rings is 2. The van der Waals surface area contributed by atoms with Gasteiger partial charge in [-0.15, -0.1) is 5.10 Å². The van der Waals surface area contributed by atoms with Crippen LogP contribution in [0.4, 0.5) is 0 Å². The molecule has 2 aromatic carbocycles. The molecule has 0 spiro atoms. The van der Waals surface area contributed by atoms with Gasteiger partial charge in [0, 0.05) is 17.4 Å². The Hall–Kier alpha value is -4.21. The van der Waals surface area contributed by atoms with Crippen LogP contribution in [0.5, 0.6) is 5.75 Å². The molecule has 1 aliphatic carbocycles. The topological polar surface area (TPSA) is 163 Å². The maximum Gasteiger partial charge on any atom is 0.356 e. The number of carboxylic acids is 1. The minimum Gasteiger partial charge on any atom is -0.497 e. The zero-order valence-corrected chi connectivity index (χ0v) is 17.4. The Balaban J connectivity index is 0.000000181. The molecule has 1 saturated carbocycles. The van der Waals surface area contributed by atoms with Crippen molar-refractivity contribution < 1.29 is 24.2 Å². The van der Waals surface area contributed by atoms with Crippen LogP contribution in [0, 0.1) is 0 Å². The van der Waals surface area contributed by atoms with Gasteiger partial charge in [-0.2, -0.15) is 0 Å². The van der Waals surface area contributed by atoms with Crippen molar-refractivity contribution in [1.29, 1.82) is 0 Å². The van der Waals surface area contributed by atoms with E-state index in [1.165, 1.54) is 10.9 Å². The van der Waals surface area contributed by atoms with Gasteiger partial charge in [0.15, 0.2) is 5.69 Å². The molecule has 1 aromatic heterocycles. The summed E-state index contributed by atoms with van der Waals surface area (Å²) < 4.78 is 6.25. The van der Waals surface area contributed by atoms with E-state index < -0.39 is 11.9 Å². The zero-order chi connectivity index (χ0) is 23.3. The molecule has 0 saturated heterocycles. The van der Waals surface area contributed by atoms with Crippen LogP contribution in [-0.2, 0) is 10.2 Å². The first kappa shape index (κ1) is 22.5. The minimum absolute atomic E-state index is 0.0187. The van der Waals surface area contributed by atoms with Gasteiger partial charge < -0.3 is 21.3 Å². The van der Waals surface area contributed by atoms with E-state index in [0.717, 1.165) is 18.4 Å². The summed E-state index contributed by atoms with van der Waals surface area (Å²) in [5, 5.41) is 16.2. The van der Waals surface area contributed by atoms with Crippen LogP contribution in [0.25, 0.3) is 5.69 Å². The van der Waals surface area contributed by atoms with Crippen molar-refractivity contribution in [2.75, 3.05) is 7.11 Å². The van der Waals surface area contributed by atoms with Gasteiger partial charge in [0.1, 0.15) is 5.75 Å². The van der Waals surface area contributed by atoms with E-state index in [4.69, 9.17) is 21.3 Å². The van der Waals surface area contributed by atoms with E-state index in [1.807, 2.05) is 12.1 Å². The number of hydrogen-bond donors (Lipinski definition) is 3. The molecule has 3 aromatic rings. The highest BCUT2D eigenvalue weighted by atomic mass is 16.5. The molecular formula is C22H23N5O5. The van der Waals surface area contributed by atoms with E-state index in [0.29, 0.717) is 23.4 Å². The summed E-state index contributed by atoms with van der Waals surface area (Å²) in [5.41, 5.74) is 12.5. The minimum atomic E-state index is -1.07. The third-order valence-corrected chi connectivity index (χ3v) is 5.23. The lowest BCUT2D eigenvalue weighted by Gasteiger charge is -2.13. The van der Waals surface area contributed by atoms with E-state index in [2.05, 4.69) is 10.3 Å². The first-order valence-corrected chi connectivity index (χ1v) is 9.73. The van der Waals surface area contributed by atoms with Crippen molar-refractivity contribution in [3.8, 4) is 11.4 Å². The first-order valence-electron chi connectivity index (χ1n) is 9.73. The number of nitrogens with zero attached hydrogens (tertiary/aromatic N) is 3. The van der Waals surface area contributed by atoms with E-state index in [9.17, 15) is 14.4 Å². The number of amides is 2. The van der Waals surface area contributed by atoms with E-state index in [1.54, 1.807) is 43.5 Å². The van der Waals surface area contributed by atoms with Crippen molar-refractivity contribution in [2.45, 2.75) is 24.7 Å². The molecule has 1 fully saturated rings. The number of carboxylic acid groups (broad SMARTS) is 1. The van der Waals surface area contributed by atoms with Gasteiger partial charge in [-0.3, -0.25) is 9.59 Å². The number of hydrogen-bond acceptors (Lipinski definition) is 6. The van der Waals surface area contributed by atoms with Gasteiger partial charge in [0.2, 0.25) is 11.8 Å². The molecule has 0 unspecified atom stereocenters. The molecule has 1 aliphatic rings. The highest BCUT2D eigenvalue weighted by molar-refractivity contribution is 5.92. The van der Waals surface area contributed by atoms with Crippen LogP contribution in [0.1, 0.15) is 45.7 Å². The molecule has 0 bridgehead atoms. The van der Waals surface area contributed by atoms with Crippen LogP contribution in [0.3, 0.4) is 0 Å². The standard InChI is InChI=1S/C12H14N2O2.C10H9N3O3/c13-10(15)7-12(5-6-12)9-3-1-8(2-4-9)11(14)16;1-16-8-4-2-7(3-5-8)13-9(10(14)15)6-11-12-13/h1-4H,5-7H2,(H2,13,15)(H2,14,16);2-6H,1H3,(H,14,15). The fourth-order valence-electron chi connectivity index (χ4n) is 3.33. The lowest BCUT2D eigenvalue weighted by atomic mass is 9.91. The normalized spacial score (nSPS) is 13.4. The third kappa shape index (κ3) is 5.09. The zero-order valence-electron chi connectivity index (χ0n) is 17.4. The second kappa shape index (κ2) is 9.29. The van der Waals surface area contributed by atoms with Gasteiger partial charge in [-0.25, -0.2) is 9.48 Å². The maximum atomic E-state index is 11.0. The number of ether oxygens (including phenoxy) is 1. The molecule has 10 heteroatoms. The summed E-state index contributed by atoms with van der Waals surface area (Å²) in [6, 6.07) is 14.0. The molecule has 1 heterocycles. The van der Waals surface area contributed by atoms with Crippen molar-refractivity contribution in [3.63, 3.8) is 0 Å². The lowest BCUT2D eigenvalue weighted by molar-refractivity contribution is -0.118. The average molecular weight is 437 g/mol. The summed E-state index contributed by atoms with van der Waals surface area (Å²) in [6.07, 6.45) is 3.53. The molecule has 5 N–H and O–H groups in total. The smallest absolute Gasteiger partial charge is 0.356 e. The Morgan fingerprint density at radius 2 is 1.69 bits per heavy atom. The lowest BCUT2D eigenvalue weighted by Crippen LogP contribution is -2.20. The Labute approximate surface area is 183 Å². The number of methoxy groups -OCH3 is 1. The highest BCUT2D eigenvalue weighted by Gasteiger charge is 2.45. The molecular weight excluding hydrogens is 414 g/mol. The summed E-state index contributed by atoms with van der Waals surface area (Å²) in [6.45, 7) is 0. The first-order chi connectivity index (χ1) is 15.3.